The van der Waals surface area contributed by atoms with Crippen molar-refractivity contribution in [2.45, 2.75) is 0 Å². The van der Waals surface area contributed by atoms with E-state index in [0.717, 1.165) is 0 Å². The fourth-order valence-electron chi connectivity index (χ4n) is 0. The molecule has 0 aromatic heterocycles. The fourth-order valence-corrected chi connectivity index (χ4v) is 0. The molecule has 0 saturated heterocycles. The van der Waals surface area contributed by atoms with Gasteiger partial charge in [-0.1, -0.05) is 0 Å². The Morgan fingerprint density at radius 1 is 0.500 bits per heavy atom. The van der Waals surface area contributed by atoms with Crippen molar-refractivity contribution in [3.8, 4) is 0 Å². The molecule has 0 aromatic carbocycles. The Bertz CT molecular complexity index is 4.00. The van der Waals surface area contributed by atoms with E-state index in [-0.39, 0.29) is 79.5 Å². The Morgan fingerprint density at radius 3 is 0.500 bits per heavy atom. The Hall–Kier alpha value is 2.55. The smallest absolute Gasteiger partial charge is 0 e. The van der Waals surface area contributed by atoms with Crippen LogP contribution in [0, 0.1) is 0 Å². The van der Waals surface area contributed by atoms with Crippen LogP contribution in [-0.4, -0.2) is 34.7 Å². The zero-order chi connectivity index (χ0) is 0. The van der Waals surface area contributed by atoms with E-state index in [4.69, 9.17) is 0 Å². The average Bonchev–Trinajstić information content (AvgIpc) is 0. The summed E-state index contributed by atoms with van der Waals surface area (Å²) >= 11 is 0. The molecule has 0 bridgehead atoms. The van der Waals surface area contributed by atoms with E-state index >= 15 is 0 Å². The van der Waals surface area contributed by atoms with Gasteiger partial charge >= 0.3 is 0 Å². The number of rotatable bonds is 0. The van der Waals surface area contributed by atoms with E-state index in [2.05, 4.69) is 0 Å². The molecule has 4 heteroatoms. The molecule has 0 nitrogen and oxygen atoms in total. The summed E-state index contributed by atoms with van der Waals surface area (Å²) in [6, 6.07) is 0. The monoisotopic (exact) mass is 422 g/mol. The van der Waals surface area contributed by atoms with Crippen molar-refractivity contribution in [2.24, 2.45) is 0 Å². The minimum atomic E-state index is 0. The summed E-state index contributed by atoms with van der Waals surface area (Å²) in [6.07, 6.45) is 0. The molecular formula is H6Al2Ta2. The second-order valence-corrected chi connectivity index (χ2v) is 0. The molecule has 2 radical (unpaired) electrons. The Balaban J connectivity index is 0. The van der Waals surface area contributed by atoms with Crippen LogP contribution in [0.25, 0.3) is 0 Å². The third kappa shape index (κ3) is 8.82. The Kier molecular flexibility index (Phi) is 137. The minimum absolute atomic E-state index is 0. The van der Waals surface area contributed by atoms with Gasteiger partial charge in [0.25, 0.3) is 0 Å². The summed E-state index contributed by atoms with van der Waals surface area (Å²) < 4.78 is 0. The van der Waals surface area contributed by atoms with Crippen molar-refractivity contribution in [2.75, 3.05) is 0 Å². The topological polar surface area (TPSA) is 0 Å². The van der Waals surface area contributed by atoms with Gasteiger partial charge < -0.3 is 0 Å². The molecule has 0 N–H and O–H groups in total. The van der Waals surface area contributed by atoms with Crippen LogP contribution in [0.15, 0.2) is 0 Å². The van der Waals surface area contributed by atoms with Gasteiger partial charge in [-0.05, 0) is 0 Å². The van der Waals surface area contributed by atoms with Gasteiger partial charge in [0.1, 0.15) is 0 Å². The van der Waals surface area contributed by atoms with Gasteiger partial charge in [0.15, 0.2) is 34.7 Å². The largest absolute Gasteiger partial charge is 0.187 e. The molecule has 0 saturated carbocycles. The molecule has 0 fully saturated rings. The van der Waals surface area contributed by atoms with E-state index in [9.17, 15) is 0 Å². The summed E-state index contributed by atoms with van der Waals surface area (Å²) in [5.74, 6) is 0. The number of hydrogen-bond acceptors (Lipinski definition) is 0. The first-order valence-corrected chi connectivity index (χ1v) is 0. The van der Waals surface area contributed by atoms with Gasteiger partial charge in [-0.2, -0.15) is 0 Å². The first kappa shape index (κ1) is 31.1. The summed E-state index contributed by atoms with van der Waals surface area (Å²) in [6.45, 7) is 0. The molecule has 0 atom stereocenters. The SMILES string of the molecule is [AlH3].[AlH3].[Ta].[Ta]. The molecule has 0 heterocycles. The maximum atomic E-state index is 0. The molecule has 0 aliphatic carbocycles. The molecule has 0 unspecified atom stereocenters. The molecule has 0 aliphatic heterocycles. The summed E-state index contributed by atoms with van der Waals surface area (Å²) in [5.41, 5.74) is 0. The van der Waals surface area contributed by atoms with Gasteiger partial charge in [-0.3, -0.25) is 0 Å². The second kappa shape index (κ2) is 17.7. The number of hydrogen-bond donors (Lipinski definition) is 0. The fraction of sp³-hybridized carbons (Fsp3) is 0. The predicted octanol–water partition coefficient (Wildman–Crippen LogP) is -2.37. The molecule has 0 aromatic rings. The Morgan fingerprint density at radius 2 is 0.500 bits per heavy atom. The normalized spacial score (nSPS) is 0. The molecular weight excluding hydrogens is 416 g/mol. The third-order valence-corrected chi connectivity index (χ3v) is 0. The van der Waals surface area contributed by atoms with Crippen molar-refractivity contribution in [1.82, 2.24) is 0 Å². The maximum absolute atomic E-state index is 0. The van der Waals surface area contributed by atoms with Gasteiger partial charge in [0.05, 0.1) is 0 Å². The van der Waals surface area contributed by atoms with Crippen LogP contribution in [0.4, 0.5) is 0 Å². The van der Waals surface area contributed by atoms with Crippen LogP contribution in [0.1, 0.15) is 0 Å². The quantitative estimate of drug-likeness (QED) is 0.384. The van der Waals surface area contributed by atoms with E-state index in [1.807, 2.05) is 0 Å². The van der Waals surface area contributed by atoms with Crippen molar-refractivity contribution < 1.29 is 44.8 Å². The van der Waals surface area contributed by atoms with E-state index in [1.54, 1.807) is 0 Å². The van der Waals surface area contributed by atoms with Crippen LogP contribution < -0.4 is 0 Å². The third-order valence-electron chi connectivity index (χ3n) is 0. The van der Waals surface area contributed by atoms with Gasteiger partial charge in [-0.25, -0.2) is 0 Å². The van der Waals surface area contributed by atoms with Crippen LogP contribution in [0.5, 0.6) is 0 Å². The van der Waals surface area contributed by atoms with E-state index < -0.39 is 0 Å². The molecule has 0 aliphatic rings. The molecule has 0 spiro atoms. The minimum Gasteiger partial charge on any atom is 0 e. The van der Waals surface area contributed by atoms with Crippen LogP contribution in [0.3, 0.4) is 0 Å². The zero-order valence-corrected chi connectivity index (χ0v) is 7.32. The van der Waals surface area contributed by atoms with Crippen LogP contribution >= 0.6 is 0 Å². The maximum Gasteiger partial charge on any atom is 0.187 e. The van der Waals surface area contributed by atoms with Gasteiger partial charge in [0.2, 0.25) is 0 Å². The second-order valence-electron chi connectivity index (χ2n) is 0. The zero-order valence-electron chi connectivity index (χ0n) is 0.894. The molecule has 0 rings (SSSR count). The first-order valence-electron chi connectivity index (χ1n) is 0. The average molecular weight is 422 g/mol. The van der Waals surface area contributed by atoms with Crippen molar-refractivity contribution >= 4 is 34.7 Å². The van der Waals surface area contributed by atoms with Crippen molar-refractivity contribution in [1.29, 1.82) is 0 Å². The Labute approximate surface area is 78.4 Å². The van der Waals surface area contributed by atoms with E-state index in [0.29, 0.717) is 0 Å². The van der Waals surface area contributed by atoms with Gasteiger partial charge in [0, 0.05) is 44.8 Å². The molecule has 22 valence electrons. The first-order chi connectivity index (χ1) is 0. The summed E-state index contributed by atoms with van der Waals surface area (Å²) in [7, 11) is 0. The summed E-state index contributed by atoms with van der Waals surface area (Å²) in [4.78, 5) is 0. The van der Waals surface area contributed by atoms with Crippen molar-refractivity contribution in [3.05, 3.63) is 0 Å². The molecule has 4 heavy (non-hydrogen) atoms. The van der Waals surface area contributed by atoms with Crippen LogP contribution in [-0.2, 0) is 44.8 Å². The predicted molar refractivity (Wildman–Crippen MR) is 19.9 cm³/mol. The standard InChI is InChI=1S/2Al.2Ta.6H. The summed E-state index contributed by atoms with van der Waals surface area (Å²) in [5, 5.41) is 0. The molecule has 0 amide bonds. The van der Waals surface area contributed by atoms with E-state index in [1.165, 1.54) is 0 Å². The van der Waals surface area contributed by atoms with Crippen molar-refractivity contribution in [3.63, 3.8) is 0 Å². The van der Waals surface area contributed by atoms with Gasteiger partial charge in [-0.15, -0.1) is 0 Å². The van der Waals surface area contributed by atoms with Crippen LogP contribution in [0.2, 0.25) is 0 Å².